The van der Waals surface area contributed by atoms with Crippen molar-refractivity contribution in [3.63, 3.8) is 0 Å². The van der Waals surface area contributed by atoms with Gasteiger partial charge < -0.3 is 9.47 Å². The van der Waals surface area contributed by atoms with Crippen LogP contribution in [0.2, 0.25) is 5.02 Å². The maximum atomic E-state index is 12.4. The average molecular weight is 378 g/mol. The van der Waals surface area contributed by atoms with Gasteiger partial charge in [0.1, 0.15) is 0 Å². The lowest BCUT2D eigenvalue weighted by atomic mass is 10.2. The summed E-state index contributed by atoms with van der Waals surface area (Å²) in [6.45, 7) is 1.91. The van der Waals surface area contributed by atoms with Gasteiger partial charge in [-0.15, -0.1) is 0 Å². The molecule has 0 bridgehead atoms. The maximum absolute atomic E-state index is 12.4. The molecule has 0 aliphatic heterocycles. The molecule has 0 atom stereocenters. The number of anilines is 1. The Morgan fingerprint density at radius 1 is 1.20 bits per heavy atom. The lowest BCUT2D eigenvalue weighted by molar-refractivity contribution is 0.0959. The first kappa shape index (κ1) is 17.3. The monoisotopic (exact) mass is 377 g/mol. The van der Waals surface area contributed by atoms with Crippen molar-refractivity contribution in [3.8, 4) is 11.5 Å². The smallest absolute Gasteiger partial charge is 0.273 e. The molecule has 2 aromatic carbocycles. The fourth-order valence-electron chi connectivity index (χ4n) is 2.40. The standard InChI is InChI=1S/C17H16ClN3O3S/c1-9-11(18)7-8-13-14(9)19-17(25-13)21-20-16(22)10-5-4-6-12(23-2)15(10)24-3/h4-8H,1-3H3,(H,19,21)(H,20,22). The predicted molar refractivity (Wildman–Crippen MR) is 100 cm³/mol. The van der Waals surface area contributed by atoms with Crippen LogP contribution in [-0.2, 0) is 0 Å². The minimum absolute atomic E-state index is 0.356. The van der Waals surface area contributed by atoms with Crippen molar-refractivity contribution in [1.29, 1.82) is 0 Å². The van der Waals surface area contributed by atoms with Crippen molar-refractivity contribution in [2.45, 2.75) is 6.92 Å². The first-order valence-electron chi connectivity index (χ1n) is 7.38. The zero-order chi connectivity index (χ0) is 18.0. The number of fused-ring (bicyclic) bond motifs is 1. The Balaban J connectivity index is 1.80. The molecule has 6 nitrogen and oxygen atoms in total. The molecule has 0 unspecified atom stereocenters. The van der Waals surface area contributed by atoms with E-state index in [1.54, 1.807) is 18.2 Å². The minimum atomic E-state index is -0.357. The molecule has 1 aromatic heterocycles. The van der Waals surface area contributed by atoms with Crippen LogP contribution in [0.15, 0.2) is 30.3 Å². The van der Waals surface area contributed by atoms with Crippen LogP contribution in [0.25, 0.3) is 10.2 Å². The second kappa shape index (κ2) is 7.16. The number of aryl methyl sites for hydroxylation is 1. The Morgan fingerprint density at radius 2 is 2.00 bits per heavy atom. The number of halogens is 1. The Bertz CT molecular complexity index is 942. The van der Waals surface area contributed by atoms with E-state index in [1.807, 2.05) is 19.1 Å². The van der Waals surface area contributed by atoms with Crippen LogP contribution in [0.4, 0.5) is 5.13 Å². The molecule has 25 heavy (non-hydrogen) atoms. The Kier molecular flexibility index (Phi) is 4.96. The van der Waals surface area contributed by atoms with Gasteiger partial charge in [0.2, 0.25) is 5.13 Å². The van der Waals surface area contributed by atoms with E-state index in [0.717, 1.165) is 15.8 Å². The number of aromatic nitrogens is 1. The number of benzene rings is 2. The number of carbonyl (C=O) groups excluding carboxylic acids is 1. The summed E-state index contributed by atoms with van der Waals surface area (Å²) in [6.07, 6.45) is 0. The van der Waals surface area contributed by atoms with Crippen LogP contribution in [-0.4, -0.2) is 25.1 Å². The van der Waals surface area contributed by atoms with Gasteiger partial charge in [-0.3, -0.25) is 15.6 Å². The molecule has 130 valence electrons. The van der Waals surface area contributed by atoms with E-state index in [1.165, 1.54) is 25.6 Å². The number of nitrogens with one attached hydrogen (secondary N) is 2. The molecule has 0 saturated heterocycles. The molecule has 8 heteroatoms. The molecular weight excluding hydrogens is 362 g/mol. The maximum Gasteiger partial charge on any atom is 0.273 e. The summed E-state index contributed by atoms with van der Waals surface area (Å²) in [5.41, 5.74) is 7.54. The summed E-state index contributed by atoms with van der Waals surface area (Å²) in [4.78, 5) is 16.9. The van der Waals surface area contributed by atoms with Crippen molar-refractivity contribution >= 4 is 44.2 Å². The van der Waals surface area contributed by atoms with E-state index >= 15 is 0 Å². The third-order valence-electron chi connectivity index (χ3n) is 3.68. The van der Waals surface area contributed by atoms with Crippen LogP contribution in [0, 0.1) is 6.92 Å². The first-order chi connectivity index (χ1) is 12.0. The Morgan fingerprint density at radius 3 is 2.72 bits per heavy atom. The summed E-state index contributed by atoms with van der Waals surface area (Å²) in [7, 11) is 3.01. The highest BCUT2D eigenvalue weighted by atomic mass is 35.5. The minimum Gasteiger partial charge on any atom is -0.493 e. The van der Waals surface area contributed by atoms with E-state index in [0.29, 0.717) is 27.2 Å². The quantitative estimate of drug-likeness (QED) is 0.657. The van der Waals surface area contributed by atoms with E-state index in [-0.39, 0.29) is 5.91 Å². The number of carbonyl (C=O) groups is 1. The van der Waals surface area contributed by atoms with Crippen LogP contribution < -0.4 is 20.3 Å². The molecular formula is C17H16ClN3O3S. The fraction of sp³-hybridized carbons (Fsp3) is 0.176. The molecule has 0 fully saturated rings. The van der Waals surface area contributed by atoms with Gasteiger partial charge in [-0.05, 0) is 36.8 Å². The summed E-state index contributed by atoms with van der Waals surface area (Å²) < 4.78 is 11.5. The highest BCUT2D eigenvalue weighted by Crippen LogP contribution is 2.32. The van der Waals surface area contributed by atoms with Crippen molar-refractivity contribution < 1.29 is 14.3 Å². The SMILES string of the molecule is COc1cccc(C(=O)NNc2nc3c(C)c(Cl)ccc3s2)c1OC. The van der Waals surface area contributed by atoms with E-state index < -0.39 is 0 Å². The predicted octanol–water partition coefficient (Wildman–Crippen LogP) is 4.03. The number of rotatable bonds is 5. The molecule has 0 aliphatic rings. The molecule has 0 radical (unpaired) electrons. The topological polar surface area (TPSA) is 72.5 Å². The van der Waals surface area contributed by atoms with E-state index in [4.69, 9.17) is 21.1 Å². The summed E-state index contributed by atoms with van der Waals surface area (Å²) in [5.74, 6) is 0.501. The third-order valence-corrected chi connectivity index (χ3v) is 5.02. The van der Waals surface area contributed by atoms with Crippen molar-refractivity contribution in [1.82, 2.24) is 10.4 Å². The number of hydrogen-bond donors (Lipinski definition) is 2. The van der Waals surface area contributed by atoms with E-state index in [9.17, 15) is 4.79 Å². The third kappa shape index (κ3) is 3.33. The number of hydrazine groups is 1. The number of para-hydroxylation sites is 1. The fourth-order valence-corrected chi connectivity index (χ4v) is 3.43. The first-order valence-corrected chi connectivity index (χ1v) is 8.57. The van der Waals surface area contributed by atoms with Crippen molar-refractivity contribution in [2.24, 2.45) is 0 Å². The zero-order valence-electron chi connectivity index (χ0n) is 13.8. The van der Waals surface area contributed by atoms with Crippen molar-refractivity contribution in [3.05, 3.63) is 46.5 Å². The van der Waals surface area contributed by atoms with Gasteiger partial charge >= 0.3 is 0 Å². The number of amides is 1. The van der Waals surface area contributed by atoms with Crippen LogP contribution in [0.1, 0.15) is 15.9 Å². The highest BCUT2D eigenvalue weighted by Gasteiger charge is 2.17. The van der Waals surface area contributed by atoms with Gasteiger partial charge in [-0.25, -0.2) is 4.98 Å². The molecule has 3 aromatic rings. The molecule has 0 spiro atoms. The Hall–Kier alpha value is -2.51. The summed E-state index contributed by atoms with van der Waals surface area (Å²) in [6, 6.07) is 8.84. The molecule has 3 rings (SSSR count). The van der Waals surface area contributed by atoms with Crippen LogP contribution in [0.3, 0.4) is 0 Å². The molecule has 1 heterocycles. The molecule has 0 aliphatic carbocycles. The second-order valence-electron chi connectivity index (χ2n) is 5.16. The molecule has 2 N–H and O–H groups in total. The lowest BCUT2D eigenvalue weighted by Crippen LogP contribution is -2.29. The van der Waals surface area contributed by atoms with Crippen LogP contribution in [0.5, 0.6) is 11.5 Å². The number of methoxy groups -OCH3 is 2. The van der Waals surface area contributed by atoms with Gasteiger partial charge in [0.05, 0.1) is 30.0 Å². The van der Waals surface area contributed by atoms with Crippen LogP contribution >= 0.6 is 22.9 Å². The van der Waals surface area contributed by atoms with Gasteiger partial charge in [0, 0.05) is 5.02 Å². The summed E-state index contributed by atoms with van der Waals surface area (Å²) in [5, 5.41) is 1.23. The molecule has 1 amide bonds. The van der Waals surface area contributed by atoms with Gasteiger partial charge in [0.15, 0.2) is 11.5 Å². The number of ether oxygens (including phenoxy) is 2. The van der Waals surface area contributed by atoms with Crippen molar-refractivity contribution in [2.75, 3.05) is 19.6 Å². The average Bonchev–Trinajstić information content (AvgIpc) is 3.06. The summed E-state index contributed by atoms with van der Waals surface area (Å²) >= 11 is 7.54. The number of nitrogens with zero attached hydrogens (tertiary/aromatic N) is 1. The largest absolute Gasteiger partial charge is 0.493 e. The lowest BCUT2D eigenvalue weighted by Gasteiger charge is -2.12. The second-order valence-corrected chi connectivity index (χ2v) is 6.60. The Labute approximate surface area is 153 Å². The van der Waals surface area contributed by atoms with Gasteiger partial charge in [-0.1, -0.05) is 29.0 Å². The van der Waals surface area contributed by atoms with Gasteiger partial charge in [-0.2, -0.15) is 0 Å². The normalized spacial score (nSPS) is 10.6. The number of thiazole rings is 1. The zero-order valence-corrected chi connectivity index (χ0v) is 15.4. The highest BCUT2D eigenvalue weighted by molar-refractivity contribution is 7.22. The molecule has 0 saturated carbocycles. The number of hydrogen-bond acceptors (Lipinski definition) is 6. The van der Waals surface area contributed by atoms with Gasteiger partial charge in [0.25, 0.3) is 5.91 Å². The van der Waals surface area contributed by atoms with E-state index in [2.05, 4.69) is 15.8 Å².